The highest BCUT2D eigenvalue weighted by Gasteiger charge is 2.11. The Morgan fingerprint density at radius 2 is 2.06 bits per heavy atom. The van der Waals surface area contributed by atoms with Crippen LogP contribution in [-0.4, -0.2) is 37.6 Å². The van der Waals surface area contributed by atoms with Gasteiger partial charge in [0.1, 0.15) is 0 Å². The van der Waals surface area contributed by atoms with Gasteiger partial charge in [-0.3, -0.25) is 4.90 Å². The Morgan fingerprint density at radius 3 is 2.83 bits per heavy atom. The lowest BCUT2D eigenvalue weighted by atomic mass is 10.0. The fourth-order valence-electron chi connectivity index (χ4n) is 2.47. The molecule has 1 aliphatic rings. The Bertz CT molecular complexity index is 362. The summed E-state index contributed by atoms with van der Waals surface area (Å²) in [5.74, 6) is 0. The van der Waals surface area contributed by atoms with Crippen molar-refractivity contribution in [3.8, 4) is 0 Å². The van der Waals surface area contributed by atoms with Crippen LogP contribution in [0.2, 0.25) is 0 Å². The van der Waals surface area contributed by atoms with E-state index >= 15 is 0 Å². The highest BCUT2D eigenvalue weighted by Crippen LogP contribution is 2.16. The molecule has 0 aromatic heterocycles. The summed E-state index contributed by atoms with van der Waals surface area (Å²) >= 11 is 0. The van der Waals surface area contributed by atoms with Crippen molar-refractivity contribution in [1.82, 2.24) is 10.2 Å². The van der Waals surface area contributed by atoms with E-state index in [-0.39, 0.29) is 0 Å². The second-order valence-electron chi connectivity index (χ2n) is 4.88. The van der Waals surface area contributed by atoms with Gasteiger partial charge in [-0.25, -0.2) is 0 Å². The molecule has 1 saturated heterocycles. The molecule has 98 valence electrons. The van der Waals surface area contributed by atoms with Crippen LogP contribution in [0.1, 0.15) is 25.3 Å². The van der Waals surface area contributed by atoms with E-state index < -0.39 is 0 Å². The molecule has 1 N–H and O–H groups in total. The third-order valence-electron chi connectivity index (χ3n) is 3.42. The smallest absolute Gasteiger partial charge is 0.0237 e. The van der Waals surface area contributed by atoms with Crippen LogP contribution in [0.4, 0.5) is 0 Å². The topological polar surface area (TPSA) is 15.3 Å². The summed E-state index contributed by atoms with van der Waals surface area (Å²) in [4.78, 5) is 2.56. The van der Waals surface area contributed by atoms with E-state index in [4.69, 9.17) is 0 Å². The average Bonchev–Trinajstić information content (AvgIpc) is 2.68. The van der Waals surface area contributed by atoms with Crippen molar-refractivity contribution in [2.75, 3.05) is 32.7 Å². The summed E-state index contributed by atoms with van der Waals surface area (Å²) < 4.78 is 0. The van der Waals surface area contributed by atoms with Crippen LogP contribution in [0, 0.1) is 0 Å². The molecule has 0 amide bonds. The van der Waals surface area contributed by atoms with Gasteiger partial charge in [-0.2, -0.15) is 0 Å². The van der Waals surface area contributed by atoms with E-state index in [1.165, 1.54) is 24.1 Å². The maximum Gasteiger partial charge on any atom is 0.0237 e. The largest absolute Gasteiger partial charge is 0.315 e. The molecule has 0 atom stereocenters. The maximum absolute atomic E-state index is 3.46. The molecular formula is C16H24N2. The van der Waals surface area contributed by atoms with Crippen LogP contribution in [-0.2, 0) is 0 Å². The van der Waals surface area contributed by atoms with Crippen molar-refractivity contribution in [2.24, 2.45) is 0 Å². The molecule has 0 aliphatic carbocycles. The molecule has 1 fully saturated rings. The second-order valence-corrected chi connectivity index (χ2v) is 4.88. The molecule has 2 rings (SSSR count). The number of benzene rings is 1. The maximum atomic E-state index is 3.46. The summed E-state index contributed by atoms with van der Waals surface area (Å²) in [6.45, 7) is 7.95. The van der Waals surface area contributed by atoms with Gasteiger partial charge in [-0.1, -0.05) is 43.3 Å². The van der Waals surface area contributed by atoms with E-state index in [2.05, 4.69) is 53.5 Å². The van der Waals surface area contributed by atoms with Crippen LogP contribution < -0.4 is 5.32 Å². The molecular weight excluding hydrogens is 220 g/mol. The number of nitrogens with one attached hydrogen (secondary N) is 1. The molecule has 1 aromatic carbocycles. The molecule has 2 nitrogen and oxygen atoms in total. The van der Waals surface area contributed by atoms with Gasteiger partial charge in [0.05, 0.1) is 0 Å². The predicted molar refractivity (Wildman–Crippen MR) is 78.6 cm³/mol. The predicted octanol–water partition coefficient (Wildman–Crippen LogP) is 2.78. The molecule has 0 bridgehead atoms. The van der Waals surface area contributed by atoms with E-state index in [0.29, 0.717) is 0 Å². The minimum absolute atomic E-state index is 1.08. The monoisotopic (exact) mass is 244 g/mol. The van der Waals surface area contributed by atoms with Crippen molar-refractivity contribution in [2.45, 2.75) is 19.8 Å². The lowest BCUT2D eigenvalue weighted by Crippen LogP contribution is -2.29. The SMILES string of the molecule is CC/C=C(/CN1CCCNCC1)c1ccccc1. The van der Waals surface area contributed by atoms with Gasteiger partial charge in [0.15, 0.2) is 0 Å². The number of rotatable bonds is 4. The fraction of sp³-hybridized carbons (Fsp3) is 0.500. The van der Waals surface area contributed by atoms with Crippen LogP contribution in [0.15, 0.2) is 36.4 Å². The molecule has 2 heteroatoms. The summed E-state index contributed by atoms with van der Waals surface area (Å²) in [6, 6.07) is 10.8. The molecule has 18 heavy (non-hydrogen) atoms. The van der Waals surface area contributed by atoms with Gasteiger partial charge >= 0.3 is 0 Å². The Labute approximate surface area is 111 Å². The van der Waals surface area contributed by atoms with Crippen molar-refractivity contribution in [3.05, 3.63) is 42.0 Å². The normalized spacial score (nSPS) is 18.6. The van der Waals surface area contributed by atoms with E-state index in [1.54, 1.807) is 0 Å². The van der Waals surface area contributed by atoms with Crippen LogP contribution in [0.25, 0.3) is 5.57 Å². The van der Waals surface area contributed by atoms with E-state index in [0.717, 1.165) is 32.6 Å². The molecule has 0 spiro atoms. The van der Waals surface area contributed by atoms with Gasteiger partial charge in [0.2, 0.25) is 0 Å². The third-order valence-corrected chi connectivity index (χ3v) is 3.42. The average molecular weight is 244 g/mol. The van der Waals surface area contributed by atoms with Crippen molar-refractivity contribution >= 4 is 5.57 Å². The fourth-order valence-corrected chi connectivity index (χ4v) is 2.47. The number of hydrogen-bond donors (Lipinski definition) is 1. The first-order chi connectivity index (χ1) is 8.90. The van der Waals surface area contributed by atoms with Gasteiger partial charge in [-0.15, -0.1) is 0 Å². The first kappa shape index (κ1) is 13.3. The Hall–Kier alpha value is -1.12. The lowest BCUT2D eigenvalue weighted by molar-refractivity contribution is 0.329. The third kappa shape index (κ3) is 3.97. The van der Waals surface area contributed by atoms with Crippen molar-refractivity contribution in [3.63, 3.8) is 0 Å². The zero-order valence-corrected chi connectivity index (χ0v) is 11.4. The van der Waals surface area contributed by atoms with Crippen LogP contribution >= 0.6 is 0 Å². The standard InChI is InChI=1S/C16H24N2/c1-2-7-16(15-8-4-3-5-9-15)14-18-12-6-10-17-11-13-18/h3-5,7-9,17H,2,6,10-14H2,1H3/b16-7-. The molecule has 0 unspecified atom stereocenters. The first-order valence-electron chi connectivity index (χ1n) is 7.07. The summed E-state index contributed by atoms with van der Waals surface area (Å²) in [5, 5.41) is 3.46. The molecule has 0 radical (unpaired) electrons. The van der Waals surface area contributed by atoms with E-state index in [9.17, 15) is 0 Å². The minimum Gasteiger partial charge on any atom is -0.315 e. The molecule has 1 heterocycles. The second kappa shape index (κ2) is 7.34. The lowest BCUT2D eigenvalue weighted by Gasteiger charge is -2.21. The van der Waals surface area contributed by atoms with Gasteiger partial charge in [0, 0.05) is 19.6 Å². The summed E-state index contributed by atoms with van der Waals surface area (Å²) in [6.07, 6.45) is 4.73. The van der Waals surface area contributed by atoms with Gasteiger partial charge in [0.25, 0.3) is 0 Å². The molecule has 1 aromatic rings. The van der Waals surface area contributed by atoms with Gasteiger partial charge < -0.3 is 5.32 Å². The number of allylic oxidation sites excluding steroid dienone is 1. The Balaban J connectivity index is 2.04. The van der Waals surface area contributed by atoms with Crippen molar-refractivity contribution < 1.29 is 0 Å². The Morgan fingerprint density at radius 1 is 1.22 bits per heavy atom. The quantitative estimate of drug-likeness (QED) is 0.876. The minimum atomic E-state index is 1.08. The number of hydrogen-bond acceptors (Lipinski definition) is 2. The Kier molecular flexibility index (Phi) is 5.43. The zero-order valence-electron chi connectivity index (χ0n) is 11.4. The molecule has 1 aliphatic heterocycles. The first-order valence-corrected chi connectivity index (χ1v) is 7.07. The summed E-state index contributed by atoms with van der Waals surface area (Å²) in [7, 11) is 0. The van der Waals surface area contributed by atoms with Crippen LogP contribution in [0.3, 0.4) is 0 Å². The van der Waals surface area contributed by atoms with E-state index in [1.807, 2.05) is 0 Å². The highest BCUT2D eigenvalue weighted by atomic mass is 15.1. The van der Waals surface area contributed by atoms with Crippen molar-refractivity contribution in [1.29, 1.82) is 0 Å². The van der Waals surface area contributed by atoms with Crippen LogP contribution in [0.5, 0.6) is 0 Å². The highest BCUT2D eigenvalue weighted by molar-refractivity contribution is 5.66. The molecule has 0 saturated carbocycles. The summed E-state index contributed by atoms with van der Waals surface area (Å²) in [5.41, 5.74) is 2.84. The number of nitrogens with zero attached hydrogens (tertiary/aromatic N) is 1. The zero-order chi connectivity index (χ0) is 12.6. The van der Waals surface area contributed by atoms with Gasteiger partial charge in [-0.05, 0) is 37.1 Å².